The smallest absolute Gasteiger partial charge is 0.0890 e. The van der Waals surface area contributed by atoms with Crippen LogP contribution in [0.4, 0.5) is 0 Å². The van der Waals surface area contributed by atoms with Gasteiger partial charge < -0.3 is 9.80 Å². The molecule has 0 aliphatic carbocycles. The minimum absolute atomic E-state index is 0. The van der Waals surface area contributed by atoms with E-state index < -0.39 is 0 Å². The minimum Gasteiger partial charge on any atom is -0.362 e. The summed E-state index contributed by atoms with van der Waals surface area (Å²) in [6.45, 7) is 4.50. The third-order valence-electron chi connectivity index (χ3n) is 1.74. The molecule has 1 heterocycles. The molecule has 0 radical (unpaired) electrons. The van der Waals surface area contributed by atoms with Gasteiger partial charge in [0.25, 0.3) is 0 Å². The lowest BCUT2D eigenvalue weighted by atomic mass is 10.3. The van der Waals surface area contributed by atoms with Crippen LogP contribution in [0.5, 0.6) is 0 Å². The van der Waals surface area contributed by atoms with Gasteiger partial charge >= 0.3 is 0 Å². The standard InChI is InChI=1S/C8H16N2.3HI/c1-3-4-5-10-7-6-9(2)8-10;;;/h6-7H,3-5,8H2,1-2H3;3*1H. The first-order chi connectivity index (χ1) is 4.83. The van der Waals surface area contributed by atoms with Crippen molar-refractivity contribution in [2.45, 2.75) is 19.8 Å². The number of halogens is 3. The monoisotopic (exact) mass is 524 g/mol. The zero-order valence-electron chi connectivity index (χ0n) is 8.10. The maximum absolute atomic E-state index is 2.34. The Morgan fingerprint density at radius 2 is 1.77 bits per heavy atom. The molecule has 0 unspecified atom stereocenters. The van der Waals surface area contributed by atoms with Crippen molar-refractivity contribution < 1.29 is 0 Å². The van der Waals surface area contributed by atoms with Crippen LogP contribution in [0.1, 0.15) is 19.8 Å². The molecule has 1 aliphatic rings. The van der Waals surface area contributed by atoms with Gasteiger partial charge in [-0.15, -0.1) is 71.9 Å². The van der Waals surface area contributed by atoms with E-state index in [1.165, 1.54) is 19.4 Å². The Kier molecular flexibility index (Phi) is 17.9. The van der Waals surface area contributed by atoms with E-state index in [9.17, 15) is 0 Å². The first-order valence-corrected chi connectivity index (χ1v) is 3.95. The van der Waals surface area contributed by atoms with Crippen molar-refractivity contribution >= 4 is 71.9 Å². The predicted molar refractivity (Wildman–Crippen MR) is 89.6 cm³/mol. The van der Waals surface area contributed by atoms with Gasteiger partial charge in [0.15, 0.2) is 0 Å². The quantitative estimate of drug-likeness (QED) is 0.524. The minimum atomic E-state index is 0. The molecule has 2 nitrogen and oxygen atoms in total. The van der Waals surface area contributed by atoms with Crippen molar-refractivity contribution in [3.8, 4) is 0 Å². The van der Waals surface area contributed by atoms with Gasteiger partial charge in [0.05, 0.1) is 6.67 Å². The average Bonchev–Trinajstić information content (AvgIpc) is 2.31. The second-order valence-electron chi connectivity index (χ2n) is 2.86. The van der Waals surface area contributed by atoms with Crippen LogP contribution in [0.2, 0.25) is 0 Å². The molecule has 82 valence electrons. The summed E-state index contributed by atoms with van der Waals surface area (Å²) < 4.78 is 0. The van der Waals surface area contributed by atoms with Crippen molar-refractivity contribution in [1.29, 1.82) is 0 Å². The summed E-state index contributed by atoms with van der Waals surface area (Å²) in [6, 6.07) is 0. The second kappa shape index (κ2) is 11.6. The van der Waals surface area contributed by atoms with Crippen LogP contribution in [0.3, 0.4) is 0 Å². The zero-order chi connectivity index (χ0) is 7.40. The molecule has 0 saturated carbocycles. The van der Waals surface area contributed by atoms with Gasteiger partial charge in [-0.1, -0.05) is 13.3 Å². The fourth-order valence-electron chi connectivity index (χ4n) is 1.10. The van der Waals surface area contributed by atoms with Crippen molar-refractivity contribution in [2.24, 2.45) is 0 Å². The Bertz CT molecular complexity index is 131. The highest BCUT2D eigenvalue weighted by Gasteiger charge is 2.05. The van der Waals surface area contributed by atoms with E-state index in [4.69, 9.17) is 0 Å². The van der Waals surface area contributed by atoms with E-state index in [1.807, 2.05) is 0 Å². The van der Waals surface area contributed by atoms with Crippen LogP contribution in [-0.4, -0.2) is 30.1 Å². The highest BCUT2D eigenvalue weighted by atomic mass is 127. The van der Waals surface area contributed by atoms with Crippen molar-refractivity contribution in [3.05, 3.63) is 12.4 Å². The van der Waals surface area contributed by atoms with Crippen molar-refractivity contribution in [1.82, 2.24) is 9.80 Å². The summed E-state index contributed by atoms with van der Waals surface area (Å²) in [5, 5.41) is 0. The zero-order valence-corrected chi connectivity index (χ0v) is 15.1. The highest BCUT2D eigenvalue weighted by molar-refractivity contribution is 14.0. The summed E-state index contributed by atoms with van der Waals surface area (Å²) in [6.07, 6.45) is 6.87. The lowest BCUT2D eigenvalue weighted by molar-refractivity contribution is 0.293. The van der Waals surface area contributed by atoms with E-state index in [1.54, 1.807) is 0 Å². The number of rotatable bonds is 3. The fraction of sp³-hybridized carbons (Fsp3) is 0.750. The number of hydrogen-bond acceptors (Lipinski definition) is 2. The first-order valence-electron chi connectivity index (χ1n) is 3.95. The van der Waals surface area contributed by atoms with Crippen molar-refractivity contribution in [3.63, 3.8) is 0 Å². The molecule has 0 atom stereocenters. The molecule has 0 fully saturated rings. The Labute approximate surface area is 133 Å². The van der Waals surface area contributed by atoms with Gasteiger partial charge in [0.2, 0.25) is 0 Å². The molecule has 0 spiro atoms. The van der Waals surface area contributed by atoms with Gasteiger partial charge in [-0.25, -0.2) is 0 Å². The molecule has 5 heteroatoms. The molecule has 1 rings (SSSR count). The molecule has 0 saturated heterocycles. The molecule has 1 aliphatic heterocycles. The molecule has 0 amide bonds. The predicted octanol–water partition coefficient (Wildman–Crippen LogP) is 3.32. The van der Waals surface area contributed by atoms with Crippen LogP contribution in [0.15, 0.2) is 12.4 Å². The Balaban J connectivity index is -0.000000333. The van der Waals surface area contributed by atoms with Gasteiger partial charge in [-0.2, -0.15) is 0 Å². The van der Waals surface area contributed by atoms with E-state index >= 15 is 0 Å². The van der Waals surface area contributed by atoms with E-state index in [0.717, 1.165) is 6.67 Å². The van der Waals surface area contributed by atoms with Gasteiger partial charge in [-0.3, -0.25) is 0 Å². The van der Waals surface area contributed by atoms with Crippen LogP contribution >= 0.6 is 71.9 Å². The lowest BCUT2D eigenvalue weighted by Gasteiger charge is -2.17. The third-order valence-corrected chi connectivity index (χ3v) is 1.74. The molecule has 0 N–H and O–H groups in total. The number of nitrogens with zero attached hydrogens (tertiary/aromatic N) is 2. The summed E-state index contributed by atoms with van der Waals surface area (Å²) >= 11 is 0. The molecule has 0 aromatic rings. The second-order valence-corrected chi connectivity index (χ2v) is 2.86. The fourth-order valence-corrected chi connectivity index (χ4v) is 1.10. The summed E-state index contributed by atoms with van der Waals surface area (Å²) in [7, 11) is 2.10. The summed E-state index contributed by atoms with van der Waals surface area (Å²) in [5.74, 6) is 0. The molecule has 13 heavy (non-hydrogen) atoms. The lowest BCUT2D eigenvalue weighted by Crippen LogP contribution is -2.23. The maximum atomic E-state index is 2.34. The average molecular weight is 524 g/mol. The van der Waals surface area contributed by atoms with Crippen LogP contribution in [0, 0.1) is 0 Å². The van der Waals surface area contributed by atoms with E-state index in [0.29, 0.717) is 0 Å². The molecule has 0 aromatic carbocycles. The largest absolute Gasteiger partial charge is 0.362 e. The van der Waals surface area contributed by atoms with E-state index in [-0.39, 0.29) is 71.9 Å². The van der Waals surface area contributed by atoms with Gasteiger partial charge in [0, 0.05) is 26.0 Å². The van der Waals surface area contributed by atoms with Crippen molar-refractivity contribution in [2.75, 3.05) is 20.3 Å². The molecular weight excluding hydrogens is 505 g/mol. The highest BCUT2D eigenvalue weighted by Crippen LogP contribution is 2.04. The number of hydrogen-bond donors (Lipinski definition) is 0. The molecular formula is C8H19I3N2. The van der Waals surface area contributed by atoms with Gasteiger partial charge in [0.1, 0.15) is 0 Å². The Hall–Kier alpha value is 1.53. The van der Waals surface area contributed by atoms with E-state index in [2.05, 4.69) is 36.2 Å². The normalized spacial score (nSPS) is 13.1. The maximum Gasteiger partial charge on any atom is 0.0890 e. The molecule has 0 bridgehead atoms. The third kappa shape index (κ3) is 8.52. The SMILES string of the molecule is CCCCN1C=CN(C)C1.I.I.I. The Morgan fingerprint density at radius 1 is 1.15 bits per heavy atom. The summed E-state index contributed by atoms with van der Waals surface area (Å²) in [4.78, 5) is 4.53. The summed E-state index contributed by atoms with van der Waals surface area (Å²) in [5.41, 5.74) is 0. The van der Waals surface area contributed by atoms with Crippen LogP contribution < -0.4 is 0 Å². The number of unbranched alkanes of at least 4 members (excludes halogenated alkanes) is 1. The topological polar surface area (TPSA) is 6.48 Å². The first kappa shape index (κ1) is 20.0. The van der Waals surface area contributed by atoms with Crippen LogP contribution in [0.25, 0.3) is 0 Å². The van der Waals surface area contributed by atoms with Gasteiger partial charge in [-0.05, 0) is 6.42 Å². The van der Waals surface area contributed by atoms with Crippen LogP contribution in [-0.2, 0) is 0 Å². The Morgan fingerprint density at radius 3 is 2.15 bits per heavy atom. The molecule has 0 aromatic heterocycles.